The number of aldehydes is 1. The van der Waals surface area contributed by atoms with Crippen molar-refractivity contribution in [1.29, 1.82) is 0 Å². The summed E-state index contributed by atoms with van der Waals surface area (Å²) in [5.74, 6) is -0.800. The Morgan fingerprint density at radius 1 is 1.20 bits per heavy atom. The molecule has 7 heteroatoms. The Bertz CT molecular complexity index is 1060. The highest BCUT2D eigenvalue weighted by molar-refractivity contribution is 9.10. The minimum atomic E-state index is -0.800. The third-order valence-electron chi connectivity index (χ3n) is 3.85. The summed E-state index contributed by atoms with van der Waals surface area (Å²) in [5.41, 5.74) is 6.83. The number of fused-ring (bicyclic) bond motifs is 1. The third-order valence-corrected chi connectivity index (χ3v) is 4.35. The number of carbonyl (C=O) groups is 2. The van der Waals surface area contributed by atoms with E-state index >= 15 is 0 Å². The molecule has 0 atom stereocenters. The molecule has 0 spiro atoms. The highest BCUT2D eigenvalue weighted by Gasteiger charge is 2.22. The van der Waals surface area contributed by atoms with Crippen molar-refractivity contribution in [3.05, 3.63) is 68.4 Å². The first-order chi connectivity index (χ1) is 12.0. The lowest BCUT2D eigenvalue weighted by Crippen LogP contribution is -2.28. The number of ether oxygens (including phenoxy) is 1. The molecule has 2 N–H and O–H groups in total. The van der Waals surface area contributed by atoms with Gasteiger partial charge in [0.15, 0.2) is 0 Å². The molecule has 0 radical (unpaired) electrons. The van der Waals surface area contributed by atoms with E-state index in [4.69, 9.17) is 10.5 Å². The molecule has 0 saturated heterocycles. The number of pyridine rings is 1. The summed E-state index contributed by atoms with van der Waals surface area (Å²) in [5, 5.41) is 0.544. The Labute approximate surface area is 151 Å². The summed E-state index contributed by atoms with van der Waals surface area (Å²) in [6, 6.07) is 11.7. The van der Waals surface area contributed by atoms with E-state index in [0.29, 0.717) is 28.4 Å². The fourth-order valence-corrected chi connectivity index (χ4v) is 3.00. The monoisotopic (exact) mass is 400 g/mol. The van der Waals surface area contributed by atoms with Crippen LogP contribution in [0, 0.1) is 0 Å². The van der Waals surface area contributed by atoms with Crippen LogP contribution in [0.15, 0.2) is 51.7 Å². The van der Waals surface area contributed by atoms with E-state index in [-0.39, 0.29) is 11.3 Å². The highest BCUT2D eigenvalue weighted by atomic mass is 79.9. The Morgan fingerprint density at radius 2 is 1.88 bits per heavy atom. The number of anilines is 1. The summed E-state index contributed by atoms with van der Waals surface area (Å²) in [6.45, 7) is 0. The summed E-state index contributed by atoms with van der Waals surface area (Å²) in [7, 11) is 1.19. The van der Waals surface area contributed by atoms with E-state index < -0.39 is 11.5 Å². The van der Waals surface area contributed by atoms with Crippen LogP contribution in [0.3, 0.4) is 0 Å². The average molecular weight is 401 g/mol. The molecule has 0 amide bonds. The molecule has 126 valence electrons. The minimum Gasteiger partial charge on any atom is -0.465 e. The fraction of sp³-hybridized carbons (Fsp3) is 0.0556. The first kappa shape index (κ1) is 16.9. The highest BCUT2D eigenvalue weighted by Crippen LogP contribution is 2.28. The quantitative estimate of drug-likeness (QED) is 0.538. The first-order valence-corrected chi connectivity index (χ1v) is 8.05. The molecule has 0 aliphatic heterocycles. The molecule has 3 rings (SSSR count). The van der Waals surface area contributed by atoms with Crippen molar-refractivity contribution in [1.82, 2.24) is 4.57 Å². The lowest BCUT2D eigenvalue weighted by Gasteiger charge is -2.15. The lowest BCUT2D eigenvalue weighted by molar-refractivity contribution is 0.0599. The number of hydrogen-bond donors (Lipinski definition) is 1. The molecule has 6 nitrogen and oxygen atoms in total. The van der Waals surface area contributed by atoms with Gasteiger partial charge >= 0.3 is 5.97 Å². The van der Waals surface area contributed by atoms with Gasteiger partial charge in [-0.3, -0.25) is 14.2 Å². The molecular weight excluding hydrogens is 388 g/mol. The zero-order valence-corrected chi connectivity index (χ0v) is 14.7. The summed E-state index contributed by atoms with van der Waals surface area (Å²) in [6.07, 6.45) is 0.712. The van der Waals surface area contributed by atoms with Crippen molar-refractivity contribution >= 4 is 44.8 Å². The van der Waals surface area contributed by atoms with Gasteiger partial charge in [0.1, 0.15) is 11.8 Å². The van der Waals surface area contributed by atoms with Crippen LogP contribution in [0.5, 0.6) is 0 Å². The van der Waals surface area contributed by atoms with Crippen LogP contribution in [-0.4, -0.2) is 23.9 Å². The summed E-state index contributed by atoms with van der Waals surface area (Å²) in [4.78, 5) is 35.9. The van der Waals surface area contributed by atoms with Crippen molar-refractivity contribution in [3.63, 3.8) is 0 Å². The maximum atomic E-state index is 13.0. The van der Waals surface area contributed by atoms with Crippen molar-refractivity contribution in [3.8, 4) is 5.69 Å². The molecule has 1 aromatic heterocycles. The second-order valence-electron chi connectivity index (χ2n) is 5.29. The van der Waals surface area contributed by atoms with E-state index in [1.54, 1.807) is 42.5 Å². The molecule has 0 bridgehead atoms. The van der Waals surface area contributed by atoms with Gasteiger partial charge in [-0.05, 0) is 42.5 Å². The molecule has 0 fully saturated rings. The largest absolute Gasteiger partial charge is 0.465 e. The van der Waals surface area contributed by atoms with Crippen LogP contribution in [0.1, 0.15) is 20.7 Å². The molecule has 2 aromatic carbocycles. The Kier molecular flexibility index (Phi) is 4.41. The molecular formula is C18H13BrN2O4. The minimum absolute atomic E-state index is 0.0695. The number of nitrogen functional groups attached to an aromatic ring is 1. The number of esters is 1. The van der Waals surface area contributed by atoms with E-state index in [2.05, 4.69) is 15.9 Å². The molecule has 3 aromatic rings. The zero-order chi connectivity index (χ0) is 18.1. The van der Waals surface area contributed by atoms with E-state index in [9.17, 15) is 14.4 Å². The van der Waals surface area contributed by atoms with Crippen LogP contribution in [0.25, 0.3) is 16.6 Å². The van der Waals surface area contributed by atoms with Gasteiger partial charge in [-0.2, -0.15) is 0 Å². The first-order valence-electron chi connectivity index (χ1n) is 7.25. The number of carbonyl (C=O) groups excluding carboxylic acids is 2. The van der Waals surface area contributed by atoms with Crippen molar-refractivity contribution in [2.45, 2.75) is 0 Å². The second-order valence-corrected chi connectivity index (χ2v) is 6.21. The number of nitrogens with two attached hydrogens (primary N) is 1. The number of rotatable bonds is 3. The summed E-state index contributed by atoms with van der Waals surface area (Å²) >= 11 is 3.38. The molecule has 0 unspecified atom stereocenters. The summed E-state index contributed by atoms with van der Waals surface area (Å²) < 4.78 is 6.84. The Hall–Kier alpha value is -2.93. The van der Waals surface area contributed by atoms with E-state index in [0.717, 1.165) is 4.47 Å². The SMILES string of the molecule is COC(=O)c1c(N)c2ccc(Br)cc2n(-c2ccc(C=O)cc2)c1=O. The zero-order valence-electron chi connectivity index (χ0n) is 13.2. The van der Waals surface area contributed by atoms with Crippen molar-refractivity contribution < 1.29 is 14.3 Å². The van der Waals surface area contributed by atoms with Gasteiger partial charge in [-0.1, -0.05) is 15.9 Å². The maximum absolute atomic E-state index is 13.0. The number of methoxy groups -OCH3 is 1. The predicted molar refractivity (Wildman–Crippen MR) is 98.4 cm³/mol. The number of halogens is 1. The van der Waals surface area contributed by atoms with E-state index in [1.165, 1.54) is 11.7 Å². The molecule has 25 heavy (non-hydrogen) atoms. The normalized spacial score (nSPS) is 10.6. The van der Waals surface area contributed by atoms with Crippen LogP contribution >= 0.6 is 15.9 Å². The molecule has 0 aliphatic rings. The smallest absolute Gasteiger partial charge is 0.345 e. The van der Waals surface area contributed by atoms with Crippen LogP contribution < -0.4 is 11.3 Å². The van der Waals surface area contributed by atoms with Crippen molar-refractivity contribution in [2.75, 3.05) is 12.8 Å². The predicted octanol–water partition coefficient (Wildman–Crippen LogP) is 2.93. The van der Waals surface area contributed by atoms with Gasteiger partial charge in [0.05, 0.1) is 18.3 Å². The number of nitrogens with zero attached hydrogens (tertiary/aromatic N) is 1. The van der Waals surface area contributed by atoms with Gasteiger partial charge in [-0.15, -0.1) is 0 Å². The Balaban J connectivity index is 2.46. The van der Waals surface area contributed by atoms with Gasteiger partial charge in [0.25, 0.3) is 5.56 Å². The molecule has 0 aliphatic carbocycles. The number of hydrogen-bond acceptors (Lipinski definition) is 5. The lowest BCUT2D eigenvalue weighted by atomic mass is 10.1. The van der Waals surface area contributed by atoms with Gasteiger partial charge < -0.3 is 10.5 Å². The number of benzene rings is 2. The molecule has 1 heterocycles. The van der Waals surface area contributed by atoms with Crippen LogP contribution in [0.2, 0.25) is 0 Å². The molecule has 0 saturated carbocycles. The second kappa shape index (κ2) is 6.52. The van der Waals surface area contributed by atoms with E-state index in [1.807, 2.05) is 0 Å². The van der Waals surface area contributed by atoms with Crippen LogP contribution in [0.4, 0.5) is 5.69 Å². The average Bonchev–Trinajstić information content (AvgIpc) is 2.62. The van der Waals surface area contributed by atoms with Gasteiger partial charge in [0.2, 0.25) is 0 Å². The fourth-order valence-electron chi connectivity index (χ4n) is 2.65. The van der Waals surface area contributed by atoms with Gasteiger partial charge in [-0.25, -0.2) is 4.79 Å². The Morgan fingerprint density at radius 3 is 2.48 bits per heavy atom. The third kappa shape index (κ3) is 2.83. The number of aromatic nitrogens is 1. The van der Waals surface area contributed by atoms with Crippen molar-refractivity contribution in [2.24, 2.45) is 0 Å². The van der Waals surface area contributed by atoms with Gasteiger partial charge in [0, 0.05) is 21.1 Å². The maximum Gasteiger partial charge on any atom is 0.345 e. The van der Waals surface area contributed by atoms with Crippen LogP contribution in [-0.2, 0) is 4.74 Å². The topological polar surface area (TPSA) is 91.4 Å². The standard InChI is InChI=1S/C18H13BrN2O4/c1-25-18(24)15-16(20)13-7-4-11(19)8-14(13)21(17(15)23)12-5-2-10(9-22)3-6-12/h2-9H,20H2,1H3.